The molecule has 0 radical (unpaired) electrons. The van der Waals surface area contributed by atoms with Crippen molar-refractivity contribution < 1.29 is 17.9 Å². The molecule has 0 spiro atoms. The third-order valence-corrected chi connectivity index (χ3v) is 7.19. The Balaban J connectivity index is 1.26. The molecule has 1 saturated heterocycles. The second-order valence-electron chi connectivity index (χ2n) is 8.64. The average molecular weight is 493 g/mol. The van der Waals surface area contributed by atoms with Crippen LogP contribution in [0.25, 0.3) is 16.8 Å². The summed E-state index contributed by atoms with van der Waals surface area (Å²) in [5, 5.41) is 4.64. The van der Waals surface area contributed by atoms with Gasteiger partial charge in [0.15, 0.2) is 21.3 Å². The Morgan fingerprint density at radius 1 is 1.00 bits per heavy atom. The quantitative estimate of drug-likeness (QED) is 0.374. The SMILES string of the molecule is CS(=O)(=O)c1ccc(-c2cccn3nc(Cc4ccc(OCCN5CCOCC5)cc4)nc23)cc1. The third-order valence-electron chi connectivity index (χ3n) is 6.07. The van der Waals surface area contributed by atoms with Gasteiger partial charge in [-0.05, 0) is 47.5 Å². The standard InChI is InChI=1S/C26H28N4O4S/c1-35(31,32)23-10-6-21(7-11-23)24-3-2-12-30-26(24)27-25(28-30)19-20-4-8-22(9-5-20)34-18-15-29-13-16-33-17-14-29/h2-12H,13-19H2,1H3. The molecule has 2 aromatic heterocycles. The minimum absolute atomic E-state index is 0.295. The minimum atomic E-state index is -3.24. The maximum atomic E-state index is 11.8. The van der Waals surface area contributed by atoms with Gasteiger partial charge in [-0.1, -0.05) is 24.3 Å². The molecule has 0 aliphatic carbocycles. The van der Waals surface area contributed by atoms with Gasteiger partial charge < -0.3 is 9.47 Å². The van der Waals surface area contributed by atoms with Crippen LogP contribution in [0.3, 0.4) is 0 Å². The number of fused-ring (bicyclic) bond motifs is 1. The van der Waals surface area contributed by atoms with Crippen LogP contribution in [0.1, 0.15) is 11.4 Å². The Hall–Kier alpha value is -3.27. The summed E-state index contributed by atoms with van der Waals surface area (Å²) in [6.45, 7) is 5.06. The number of benzene rings is 2. The first-order chi connectivity index (χ1) is 17.0. The van der Waals surface area contributed by atoms with Crippen LogP contribution in [0.4, 0.5) is 0 Å². The van der Waals surface area contributed by atoms with Crippen molar-refractivity contribution in [3.8, 4) is 16.9 Å². The number of pyridine rings is 1. The van der Waals surface area contributed by atoms with Crippen LogP contribution in [-0.2, 0) is 21.0 Å². The first kappa shape index (κ1) is 23.5. The van der Waals surface area contributed by atoms with Gasteiger partial charge in [-0.2, -0.15) is 5.10 Å². The van der Waals surface area contributed by atoms with Crippen LogP contribution >= 0.6 is 0 Å². The molecule has 182 valence electrons. The first-order valence-electron chi connectivity index (χ1n) is 11.6. The fraction of sp³-hybridized carbons (Fsp3) is 0.308. The molecule has 2 aromatic carbocycles. The van der Waals surface area contributed by atoms with Crippen LogP contribution in [0.2, 0.25) is 0 Å². The summed E-state index contributed by atoms with van der Waals surface area (Å²) in [5.41, 5.74) is 3.62. The predicted octanol–water partition coefficient (Wildman–Crippen LogP) is 3.10. The maximum absolute atomic E-state index is 11.8. The van der Waals surface area contributed by atoms with Gasteiger partial charge in [0.1, 0.15) is 12.4 Å². The van der Waals surface area contributed by atoms with Crippen molar-refractivity contribution in [1.29, 1.82) is 0 Å². The molecule has 1 aliphatic rings. The van der Waals surface area contributed by atoms with Crippen molar-refractivity contribution in [3.63, 3.8) is 0 Å². The van der Waals surface area contributed by atoms with Gasteiger partial charge in [0.25, 0.3) is 0 Å². The fourth-order valence-electron chi connectivity index (χ4n) is 4.14. The minimum Gasteiger partial charge on any atom is -0.492 e. The molecule has 0 atom stereocenters. The van der Waals surface area contributed by atoms with E-state index >= 15 is 0 Å². The van der Waals surface area contributed by atoms with Crippen molar-refractivity contribution in [1.82, 2.24) is 19.5 Å². The largest absolute Gasteiger partial charge is 0.492 e. The first-order valence-corrected chi connectivity index (χ1v) is 13.5. The van der Waals surface area contributed by atoms with Crippen molar-refractivity contribution in [2.45, 2.75) is 11.3 Å². The smallest absolute Gasteiger partial charge is 0.175 e. The summed E-state index contributed by atoms with van der Waals surface area (Å²) in [4.78, 5) is 7.41. The van der Waals surface area contributed by atoms with E-state index in [2.05, 4.69) is 10.00 Å². The normalized spacial score (nSPS) is 14.9. The molecular formula is C26H28N4O4S. The highest BCUT2D eigenvalue weighted by Crippen LogP contribution is 2.25. The highest BCUT2D eigenvalue weighted by Gasteiger charge is 2.13. The number of rotatable bonds is 8. The molecule has 1 aliphatic heterocycles. The van der Waals surface area contributed by atoms with Crippen molar-refractivity contribution in [2.24, 2.45) is 0 Å². The van der Waals surface area contributed by atoms with E-state index in [4.69, 9.17) is 14.5 Å². The van der Waals surface area contributed by atoms with Gasteiger partial charge in [-0.25, -0.2) is 17.9 Å². The van der Waals surface area contributed by atoms with Crippen LogP contribution < -0.4 is 4.74 Å². The van der Waals surface area contributed by atoms with Gasteiger partial charge in [-0.3, -0.25) is 4.90 Å². The number of hydrogen-bond acceptors (Lipinski definition) is 7. The second-order valence-corrected chi connectivity index (χ2v) is 10.7. The molecule has 0 bridgehead atoms. The molecule has 35 heavy (non-hydrogen) atoms. The number of sulfone groups is 1. The number of morpholine rings is 1. The van der Waals surface area contributed by atoms with Gasteiger partial charge in [-0.15, -0.1) is 0 Å². The Bertz CT molecular complexity index is 1390. The van der Waals surface area contributed by atoms with Gasteiger partial charge in [0, 0.05) is 44.1 Å². The molecule has 4 aromatic rings. The maximum Gasteiger partial charge on any atom is 0.175 e. The Morgan fingerprint density at radius 2 is 1.74 bits per heavy atom. The van der Waals surface area contributed by atoms with Crippen molar-refractivity contribution >= 4 is 15.5 Å². The lowest BCUT2D eigenvalue weighted by Gasteiger charge is -2.26. The summed E-state index contributed by atoms with van der Waals surface area (Å²) in [5.74, 6) is 1.57. The molecule has 9 heteroatoms. The summed E-state index contributed by atoms with van der Waals surface area (Å²) < 4.78 is 36.6. The molecule has 0 amide bonds. The number of hydrogen-bond donors (Lipinski definition) is 0. The molecule has 8 nitrogen and oxygen atoms in total. The van der Waals surface area contributed by atoms with Crippen LogP contribution in [0.5, 0.6) is 5.75 Å². The molecule has 0 saturated carbocycles. The lowest BCUT2D eigenvalue weighted by Crippen LogP contribution is -2.38. The topological polar surface area (TPSA) is 86.0 Å². The van der Waals surface area contributed by atoms with E-state index in [1.165, 1.54) is 6.26 Å². The third kappa shape index (κ3) is 5.70. The average Bonchev–Trinajstić information content (AvgIpc) is 3.28. The van der Waals surface area contributed by atoms with E-state index < -0.39 is 9.84 Å². The highest BCUT2D eigenvalue weighted by atomic mass is 32.2. The molecule has 3 heterocycles. The molecular weight excluding hydrogens is 464 g/mol. The number of aromatic nitrogens is 3. The summed E-state index contributed by atoms with van der Waals surface area (Å²) in [6, 6.07) is 18.8. The summed E-state index contributed by atoms with van der Waals surface area (Å²) in [7, 11) is -3.24. The Kier molecular flexibility index (Phi) is 6.81. The zero-order chi connectivity index (χ0) is 24.3. The predicted molar refractivity (Wildman–Crippen MR) is 134 cm³/mol. The van der Waals surface area contributed by atoms with E-state index in [1.54, 1.807) is 28.8 Å². The van der Waals surface area contributed by atoms with E-state index in [0.29, 0.717) is 23.7 Å². The monoisotopic (exact) mass is 492 g/mol. The molecule has 5 rings (SSSR count). The van der Waals surface area contributed by atoms with Gasteiger partial charge >= 0.3 is 0 Å². The van der Waals surface area contributed by atoms with Crippen LogP contribution in [-0.4, -0.2) is 73.6 Å². The Labute approximate surface area is 205 Å². The lowest BCUT2D eigenvalue weighted by atomic mass is 10.1. The fourth-order valence-corrected chi connectivity index (χ4v) is 4.77. The van der Waals surface area contributed by atoms with E-state index in [0.717, 1.165) is 60.9 Å². The van der Waals surface area contributed by atoms with Crippen molar-refractivity contribution in [2.75, 3.05) is 45.7 Å². The van der Waals surface area contributed by atoms with E-state index in [9.17, 15) is 8.42 Å². The van der Waals surface area contributed by atoms with E-state index in [1.807, 2.05) is 42.6 Å². The summed E-state index contributed by atoms with van der Waals surface area (Å²) in [6.07, 6.45) is 3.67. The highest BCUT2D eigenvalue weighted by molar-refractivity contribution is 7.90. The van der Waals surface area contributed by atoms with Crippen LogP contribution in [0, 0.1) is 0 Å². The Morgan fingerprint density at radius 3 is 2.46 bits per heavy atom. The van der Waals surface area contributed by atoms with Gasteiger partial charge in [0.05, 0.1) is 18.1 Å². The van der Waals surface area contributed by atoms with Crippen LogP contribution in [0.15, 0.2) is 71.8 Å². The second kappa shape index (κ2) is 10.2. The summed E-state index contributed by atoms with van der Waals surface area (Å²) >= 11 is 0. The van der Waals surface area contributed by atoms with Crippen molar-refractivity contribution in [3.05, 3.63) is 78.2 Å². The lowest BCUT2D eigenvalue weighted by molar-refractivity contribution is 0.0322. The molecule has 1 fully saturated rings. The molecule has 0 unspecified atom stereocenters. The van der Waals surface area contributed by atoms with E-state index in [-0.39, 0.29) is 0 Å². The molecule has 0 N–H and O–H groups in total. The van der Waals surface area contributed by atoms with Gasteiger partial charge in [0.2, 0.25) is 0 Å². The number of ether oxygens (including phenoxy) is 2. The number of nitrogens with zero attached hydrogens (tertiary/aromatic N) is 4. The zero-order valence-electron chi connectivity index (χ0n) is 19.6. The zero-order valence-corrected chi connectivity index (χ0v) is 20.4.